The van der Waals surface area contributed by atoms with Gasteiger partial charge < -0.3 is 9.80 Å². The van der Waals surface area contributed by atoms with Crippen LogP contribution in [0.25, 0.3) is 0 Å². The van der Waals surface area contributed by atoms with E-state index in [9.17, 15) is 0 Å². The zero-order chi connectivity index (χ0) is 13.1. The molecule has 0 aromatic heterocycles. The van der Waals surface area contributed by atoms with Gasteiger partial charge in [-0.05, 0) is 38.6 Å². The van der Waals surface area contributed by atoms with E-state index in [-0.39, 0.29) is 0 Å². The Labute approximate surface area is 123 Å². The summed E-state index contributed by atoms with van der Waals surface area (Å²) in [6, 6.07) is 6.66. The Morgan fingerprint density at radius 2 is 2.17 bits per heavy atom. The number of alkyl halides is 1. The van der Waals surface area contributed by atoms with Crippen molar-refractivity contribution < 1.29 is 0 Å². The SMILES string of the molecule is CC1CN(C)CCCN1c1c(Cl)cccc1CBr. The van der Waals surface area contributed by atoms with E-state index >= 15 is 0 Å². The summed E-state index contributed by atoms with van der Waals surface area (Å²) in [5, 5.41) is 1.71. The van der Waals surface area contributed by atoms with Crippen molar-refractivity contribution in [3.05, 3.63) is 28.8 Å². The Morgan fingerprint density at radius 1 is 1.39 bits per heavy atom. The van der Waals surface area contributed by atoms with Gasteiger partial charge in [-0.3, -0.25) is 0 Å². The summed E-state index contributed by atoms with van der Waals surface area (Å²) in [4.78, 5) is 4.86. The lowest BCUT2D eigenvalue weighted by Crippen LogP contribution is -2.38. The molecule has 1 heterocycles. The summed E-state index contributed by atoms with van der Waals surface area (Å²) in [7, 11) is 2.19. The minimum atomic E-state index is 0.496. The predicted molar refractivity (Wildman–Crippen MR) is 83.0 cm³/mol. The lowest BCUT2D eigenvalue weighted by Gasteiger charge is -2.32. The minimum absolute atomic E-state index is 0.496. The number of hydrogen-bond acceptors (Lipinski definition) is 2. The molecule has 100 valence electrons. The molecule has 1 fully saturated rings. The van der Waals surface area contributed by atoms with Crippen LogP contribution < -0.4 is 4.90 Å². The fraction of sp³-hybridized carbons (Fsp3) is 0.571. The molecule has 2 rings (SSSR count). The summed E-state index contributed by atoms with van der Waals surface area (Å²) >= 11 is 9.99. The van der Waals surface area contributed by atoms with Gasteiger partial charge in [-0.1, -0.05) is 39.7 Å². The van der Waals surface area contributed by atoms with Gasteiger partial charge in [-0.15, -0.1) is 0 Å². The van der Waals surface area contributed by atoms with Crippen molar-refractivity contribution in [2.75, 3.05) is 31.6 Å². The maximum atomic E-state index is 6.42. The quantitative estimate of drug-likeness (QED) is 0.761. The van der Waals surface area contributed by atoms with Crippen molar-refractivity contribution in [2.45, 2.75) is 24.7 Å². The fourth-order valence-corrected chi connectivity index (χ4v) is 3.45. The lowest BCUT2D eigenvalue weighted by atomic mass is 10.1. The van der Waals surface area contributed by atoms with Crippen molar-refractivity contribution in [3.8, 4) is 0 Å². The standard InChI is InChI=1S/C14H20BrClN2/c1-11-10-17(2)7-4-8-18(11)14-12(9-15)5-3-6-13(14)16/h3,5-6,11H,4,7-10H2,1-2H3. The average molecular weight is 332 g/mol. The van der Waals surface area contributed by atoms with Gasteiger partial charge in [0.2, 0.25) is 0 Å². The molecule has 2 nitrogen and oxygen atoms in total. The third-order valence-corrected chi connectivity index (χ3v) is 4.46. The molecule has 0 radical (unpaired) electrons. The maximum absolute atomic E-state index is 6.42. The van der Waals surface area contributed by atoms with Crippen molar-refractivity contribution >= 4 is 33.2 Å². The second kappa shape index (κ2) is 6.27. The Hall–Kier alpha value is -0.250. The number of rotatable bonds is 2. The van der Waals surface area contributed by atoms with Crippen molar-refractivity contribution in [1.82, 2.24) is 4.90 Å². The highest BCUT2D eigenvalue weighted by Crippen LogP contribution is 2.33. The fourth-order valence-electron chi connectivity index (χ4n) is 2.69. The summed E-state index contributed by atoms with van der Waals surface area (Å²) in [5.41, 5.74) is 2.48. The van der Waals surface area contributed by atoms with Gasteiger partial charge in [0.1, 0.15) is 0 Å². The molecule has 1 aromatic rings. The first kappa shape index (κ1) is 14.2. The summed E-state index contributed by atoms with van der Waals surface area (Å²) in [5.74, 6) is 0. The van der Waals surface area contributed by atoms with E-state index in [1.807, 2.05) is 12.1 Å². The van der Waals surface area contributed by atoms with Crippen LogP contribution in [0.3, 0.4) is 0 Å². The van der Waals surface area contributed by atoms with E-state index < -0.39 is 0 Å². The van der Waals surface area contributed by atoms with Crippen LogP contribution in [0.4, 0.5) is 5.69 Å². The molecule has 0 spiro atoms. The van der Waals surface area contributed by atoms with E-state index in [0.717, 1.165) is 30.0 Å². The molecule has 0 aliphatic carbocycles. The molecule has 1 aliphatic heterocycles. The van der Waals surface area contributed by atoms with E-state index in [0.29, 0.717) is 6.04 Å². The van der Waals surface area contributed by atoms with E-state index in [1.165, 1.54) is 17.7 Å². The molecule has 0 amide bonds. The van der Waals surface area contributed by atoms with Gasteiger partial charge in [0.25, 0.3) is 0 Å². The van der Waals surface area contributed by atoms with Gasteiger partial charge in [-0.25, -0.2) is 0 Å². The van der Waals surface area contributed by atoms with Crippen LogP contribution in [0.1, 0.15) is 18.9 Å². The van der Waals surface area contributed by atoms with E-state index in [4.69, 9.17) is 11.6 Å². The molecule has 1 aromatic carbocycles. The first-order valence-corrected chi connectivity index (χ1v) is 7.92. The molecule has 0 saturated carbocycles. The van der Waals surface area contributed by atoms with Crippen LogP contribution in [0, 0.1) is 0 Å². The number of para-hydroxylation sites is 1. The maximum Gasteiger partial charge on any atom is 0.0642 e. The van der Waals surface area contributed by atoms with Crippen molar-refractivity contribution in [2.24, 2.45) is 0 Å². The third-order valence-electron chi connectivity index (χ3n) is 3.55. The van der Waals surface area contributed by atoms with Crippen LogP contribution in [0.15, 0.2) is 18.2 Å². The topological polar surface area (TPSA) is 6.48 Å². The highest BCUT2D eigenvalue weighted by Gasteiger charge is 2.23. The molecule has 0 bridgehead atoms. The zero-order valence-electron chi connectivity index (χ0n) is 11.0. The molecular weight excluding hydrogens is 312 g/mol. The Balaban J connectivity index is 2.34. The van der Waals surface area contributed by atoms with Crippen LogP contribution in [-0.2, 0) is 5.33 Å². The minimum Gasteiger partial charge on any atom is -0.366 e. The number of halogens is 2. The number of hydrogen-bond donors (Lipinski definition) is 0. The Morgan fingerprint density at radius 3 is 2.89 bits per heavy atom. The largest absolute Gasteiger partial charge is 0.366 e. The van der Waals surface area contributed by atoms with Crippen molar-refractivity contribution in [3.63, 3.8) is 0 Å². The smallest absolute Gasteiger partial charge is 0.0642 e. The van der Waals surface area contributed by atoms with Crippen LogP contribution in [0.5, 0.6) is 0 Å². The Bertz CT molecular complexity index is 411. The molecule has 1 atom stereocenters. The summed E-state index contributed by atoms with van der Waals surface area (Å²) in [6.45, 7) is 5.61. The summed E-state index contributed by atoms with van der Waals surface area (Å²) in [6.07, 6.45) is 1.19. The normalized spacial score (nSPS) is 22.0. The van der Waals surface area contributed by atoms with E-state index in [1.54, 1.807) is 0 Å². The van der Waals surface area contributed by atoms with Crippen LogP contribution >= 0.6 is 27.5 Å². The summed E-state index contributed by atoms with van der Waals surface area (Å²) < 4.78 is 0. The molecule has 1 saturated heterocycles. The first-order chi connectivity index (χ1) is 8.63. The molecule has 0 N–H and O–H groups in total. The molecule has 1 aliphatic rings. The number of nitrogens with zero attached hydrogens (tertiary/aromatic N) is 2. The third kappa shape index (κ3) is 3.01. The highest BCUT2D eigenvalue weighted by molar-refractivity contribution is 9.08. The second-order valence-corrected chi connectivity index (χ2v) is 6.01. The van der Waals surface area contributed by atoms with Gasteiger partial charge in [0.15, 0.2) is 0 Å². The number of likely N-dealkylation sites (N-methyl/N-ethyl adjacent to an activating group) is 1. The molecule has 4 heteroatoms. The zero-order valence-corrected chi connectivity index (χ0v) is 13.3. The first-order valence-electron chi connectivity index (χ1n) is 6.42. The predicted octanol–water partition coefficient (Wildman–Crippen LogP) is 3.77. The highest BCUT2D eigenvalue weighted by atomic mass is 79.9. The Kier molecular flexibility index (Phi) is 4.93. The number of benzene rings is 1. The second-order valence-electron chi connectivity index (χ2n) is 5.04. The van der Waals surface area contributed by atoms with Crippen LogP contribution in [-0.4, -0.2) is 37.6 Å². The number of anilines is 1. The lowest BCUT2D eigenvalue weighted by molar-refractivity contribution is 0.337. The van der Waals surface area contributed by atoms with Gasteiger partial charge >= 0.3 is 0 Å². The van der Waals surface area contributed by atoms with Gasteiger partial charge in [0.05, 0.1) is 10.7 Å². The van der Waals surface area contributed by atoms with Crippen LogP contribution in [0.2, 0.25) is 5.02 Å². The average Bonchev–Trinajstić information content (AvgIpc) is 2.50. The van der Waals surface area contributed by atoms with Crippen molar-refractivity contribution in [1.29, 1.82) is 0 Å². The molecular formula is C14H20BrClN2. The van der Waals surface area contributed by atoms with Gasteiger partial charge in [0, 0.05) is 24.5 Å². The molecule has 1 unspecified atom stereocenters. The monoisotopic (exact) mass is 330 g/mol. The van der Waals surface area contributed by atoms with Gasteiger partial charge in [-0.2, -0.15) is 0 Å². The van der Waals surface area contributed by atoms with E-state index in [2.05, 4.69) is 45.8 Å². The molecule has 18 heavy (non-hydrogen) atoms.